The maximum atomic E-state index is 13.3. The summed E-state index contributed by atoms with van der Waals surface area (Å²) in [5.41, 5.74) is -1.39. The molecule has 0 bridgehead atoms. The van der Waals surface area contributed by atoms with Crippen molar-refractivity contribution in [1.82, 2.24) is 14.9 Å². The number of carbonyl (C=O) groups is 1. The van der Waals surface area contributed by atoms with E-state index >= 15 is 0 Å². The van der Waals surface area contributed by atoms with Crippen LogP contribution < -0.4 is 10.2 Å². The van der Waals surface area contributed by atoms with E-state index in [1.54, 1.807) is 0 Å². The van der Waals surface area contributed by atoms with Gasteiger partial charge in [-0.05, 0) is 18.2 Å². The third kappa shape index (κ3) is 5.92. The van der Waals surface area contributed by atoms with Crippen LogP contribution in [0.25, 0.3) is 11.4 Å². The van der Waals surface area contributed by atoms with Gasteiger partial charge in [0.1, 0.15) is 5.82 Å². The molecule has 0 unspecified atom stereocenters. The number of hydrogen-bond acceptors (Lipinski definition) is 5. The molecule has 1 fully saturated rings. The number of ether oxygens (including phenoxy) is 1. The summed E-state index contributed by atoms with van der Waals surface area (Å²) in [5.74, 6) is 1.15. The standard InChI is InChI=1S/C26H23F6N5O2/c27-25(28,29)17-12-18(26(30,31)32)14-19(13-17)33-24(38)37-7-6-21-20(15-37)23(36-8-10-39-11-9-36)35-22(34-21)16-4-2-1-3-5-16/h1-5,12-14H,6-11,15H2,(H,33,38). The highest BCUT2D eigenvalue weighted by molar-refractivity contribution is 5.90. The van der Waals surface area contributed by atoms with Gasteiger partial charge in [-0.25, -0.2) is 14.8 Å². The van der Waals surface area contributed by atoms with E-state index in [0.717, 1.165) is 11.3 Å². The van der Waals surface area contributed by atoms with Crippen LogP contribution in [0.3, 0.4) is 0 Å². The molecule has 206 valence electrons. The smallest absolute Gasteiger partial charge is 0.378 e. The molecule has 5 rings (SSSR count). The first-order valence-corrected chi connectivity index (χ1v) is 12.1. The first-order chi connectivity index (χ1) is 18.5. The van der Waals surface area contributed by atoms with E-state index in [9.17, 15) is 31.1 Å². The highest BCUT2D eigenvalue weighted by Gasteiger charge is 2.37. The second-order valence-electron chi connectivity index (χ2n) is 9.16. The second-order valence-corrected chi connectivity index (χ2v) is 9.16. The number of aromatic nitrogens is 2. The van der Waals surface area contributed by atoms with Gasteiger partial charge in [-0.2, -0.15) is 26.3 Å². The van der Waals surface area contributed by atoms with Crippen molar-refractivity contribution >= 4 is 17.5 Å². The van der Waals surface area contributed by atoms with Crippen molar-refractivity contribution in [2.75, 3.05) is 43.1 Å². The van der Waals surface area contributed by atoms with Crippen molar-refractivity contribution in [3.63, 3.8) is 0 Å². The Kier molecular flexibility index (Phi) is 7.10. The Morgan fingerprint density at radius 3 is 2.13 bits per heavy atom. The molecule has 2 aromatic carbocycles. The van der Waals surface area contributed by atoms with E-state index in [-0.39, 0.29) is 19.2 Å². The van der Waals surface area contributed by atoms with E-state index in [0.29, 0.717) is 62.1 Å². The number of morpholine rings is 1. The summed E-state index contributed by atoms with van der Waals surface area (Å²) in [4.78, 5) is 25.9. The summed E-state index contributed by atoms with van der Waals surface area (Å²) in [6, 6.07) is 9.56. The fourth-order valence-electron chi connectivity index (χ4n) is 4.55. The van der Waals surface area contributed by atoms with Gasteiger partial charge >= 0.3 is 18.4 Å². The Morgan fingerprint density at radius 1 is 0.872 bits per heavy atom. The van der Waals surface area contributed by atoms with Gasteiger partial charge in [0.2, 0.25) is 0 Å². The van der Waals surface area contributed by atoms with E-state index < -0.39 is 35.2 Å². The molecule has 2 aliphatic heterocycles. The molecule has 2 amide bonds. The quantitative estimate of drug-likeness (QED) is 0.429. The summed E-state index contributed by atoms with van der Waals surface area (Å²) in [5, 5.41) is 2.22. The number of nitrogens with one attached hydrogen (secondary N) is 1. The van der Waals surface area contributed by atoms with Crippen molar-refractivity contribution in [2.24, 2.45) is 0 Å². The van der Waals surface area contributed by atoms with Crippen LogP contribution in [-0.4, -0.2) is 53.7 Å². The Balaban J connectivity index is 1.44. The third-order valence-corrected chi connectivity index (χ3v) is 6.51. The van der Waals surface area contributed by atoms with Gasteiger partial charge in [-0.15, -0.1) is 0 Å². The Morgan fingerprint density at radius 2 is 1.51 bits per heavy atom. The number of rotatable bonds is 3. The van der Waals surface area contributed by atoms with Crippen molar-refractivity contribution in [3.8, 4) is 11.4 Å². The normalized spacial score (nSPS) is 16.2. The number of hydrogen-bond donors (Lipinski definition) is 1. The van der Waals surface area contributed by atoms with E-state index in [1.165, 1.54) is 4.90 Å². The summed E-state index contributed by atoms with van der Waals surface area (Å²) in [6.07, 6.45) is -9.71. The number of anilines is 2. The zero-order chi connectivity index (χ0) is 27.8. The number of carbonyl (C=O) groups excluding carboxylic acids is 1. The molecule has 0 radical (unpaired) electrons. The predicted molar refractivity (Wildman–Crippen MR) is 130 cm³/mol. The lowest BCUT2D eigenvalue weighted by Gasteiger charge is -2.34. The van der Waals surface area contributed by atoms with Gasteiger partial charge in [0.05, 0.1) is 36.6 Å². The van der Waals surface area contributed by atoms with Crippen molar-refractivity contribution in [2.45, 2.75) is 25.3 Å². The van der Waals surface area contributed by atoms with Gasteiger partial charge in [0, 0.05) is 42.9 Å². The molecule has 3 aromatic rings. The highest BCUT2D eigenvalue weighted by atomic mass is 19.4. The topological polar surface area (TPSA) is 70.6 Å². The summed E-state index contributed by atoms with van der Waals surface area (Å²) < 4.78 is 85.0. The molecule has 2 aliphatic rings. The molecule has 1 N–H and O–H groups in total. The molecule has 1 saturated heterocycles. The number of urea groups is 1. The van der Waals surface area contributed by atoms with Gasteiger partial charge in [-0.3, -0.25) is 0 Å². The van der Waals surface area contributed by atoms with Gasteiger partial charge < -0.3 is 19.9 Å². The molecular weight excluding hydrogens is 528 g/mol. The molecule has 39 heavy (non-hydrogen) atoms. The van der Waals surface area contributed by atoms with Crippen LogP contribution in [0.2, 0.25) is 0 Å². The maximum absolute atomic E-state index is 13.3. The number of benzene rings is 2. The Hall–Kier alpha value is -3.87. The number of halogens is 6. The minimum absolute atomic E-state index is 0.0169. The minimum Gasteiger partial charge on any atom is -0.378 e. The van der Waals surface area contributed by atoms with Crippen LogP contribution in [0, 0.1) is 0 Å². The van der Waals surface area contributed by atoms with Crippen LogP contribution >= 0.6 is 0 Å². The number of amides is 2. The van der Waals surface area contributed by atoms with Crippen LogP contribution in [0.5, 0.6) is 0 Å². The van der Waals surface area contributed by atoms with E-state index in [4.69, 9.17) is 14.7 Å². The Labute approximate surface area is 219 Å². The molecule has 1 aromatic heterocycles. The summed E-state index contributed by atoms with van der Waals surface area (Å²) in [7, 11) is 0. The fourth-order valence-corrected chi connectivity index (χ4v) is 4.55. The average Bonchev–Trinajstić information content (AvgIpc) is 2.92. The number of alkyl halides is 6. The van der Waals surface area contributed by atoms with Crippen LogP contribution in [0.4, 0.5) is 42.6 Å². The van der Waals surface area contributed by atoms with Crippen LogP contribution in [0.15, 0.2) is 48.5 Å². The molecule has 3 heterocycles. The van der Waals surface area contributed by atoms with Crippen molar-refractivity contribution in [3.05, 3.63) is 70.9 Å². The zero-order valence-corrected chi connectivity index (χ0v) is 20.4. The third-order valence-electron chi connectivity index (χ3n) is 6.51. The Bertz CT molecular complexity index is 1330. The fraction of sp³-hybridized carbons (Fsp3) is 0.346. The first-order valence-electron chi connectivity index (χ1n) is 12.1. The zero-order valence-electron chi connectivity index (χ0n) is 20.4. The number of nitrogens with zero attached hydrogens (tertiary/aromatic N) is 4. The number of fused-ring (bicyclic) bond motifs is 1. The van der Waals surface area contributed by atoms with E-state index in [2.05, 4.69) is 5.32 Å². The maximum Gasteiger partial charge on any atom is 0.416 e. The van der Waals surface area contributed by atoms with Crippen LogP contribution in [0.1, 0.15) is 22.4 Å². The molecule has 0 atom stereocenters. The largest absolute Gasteiger partial charge is 0.416 e. The molecule has 0 saturated carbocycles. The van der Waals surface area contributed by atoms with Crippen molar-refractivity contribution < 1.29 is 35.9 Å². The lowest BCUT2D eigenvalue weighted by Crippen LogP contribution is -2.42. The minimum atomic E-state index is -5.02. The predicted octanol–water partition coefficient (Wildman–Crippen LogP) is 5.61. The lowest BCUT2D eigenvalue weighted by atomic mass is 10.0. The summed E-state index contributed by atoms with van der Waals surface area (Å²) >= 11 is 0. The molecule has 13 heteroatoms. The van der Waals surface area contributed by atoms with E-state index in [1.807, 2.05) is 35.2 Å². The van der Waals surface area contributed by atoms with Crippen molar-refractivity contribution in [1.29, 1.82) is 0 Å². The molecule has 7 nitrogen and oxygen atoms in total. The second kappa shape index (κ2) is 10.4. The summed E-state index contributed by atoms with van der Waals surface area (Å²) in [6.45, 7) is 2.30. The SMILES string of the molecule is O=C(Nc1cc(C(F)(F)F)cc(C(F)(F)F)c1)N1CCc2nc(-c3ccccc3)nc(N3CCOCC3)c2C1. The highest BCUT2D eigenvalue weighted by Crippen LogP contribution is 2.38. The van der Waals surface area contributed by atoms with Crippen LogP contribution in [-0.2, 0) is 30.1 Å². The molecule has 0 aliphatic carbocycles. The lowest BCUT2D eigenvalue weighted by molar-refractivity contribution is -0.143. The average molecular weight is 551 g/mol. The van der Waals surface area contributed by atoms with Gasteiger partial charge in [0.15, 0.2) is 5.82 Å². The first kappa shape index (κ1) is 26.7. The van der Waals surface area contributed by atoms with Gasteiger partial charge in [0.25, 0.3) is 0 Å². The monoisotopic (exact) mass is 551 g/mol. The molecule has 0 spiro atoms. The van der Waals surface area contributed by atoms with Gasteiger partial charge in [-0.1, -0.05) is 30.3 Å². The molecular formula is C26H23F6N5O2.